The molecule has 0 aromatic heterocycles. The average Bonchev–Trinajstić information content (AvgIpc) is 2.57. The van der Waals surface area contributed by atoms with Crippen molar-refractivity contribution in [1.82, 2.24) is 10.4 Å². The van der Waals surface area contributed by atoms with E-state index in [1.54, 1.807) is 49.4 Å². The van der Waals surface area contributed by atoms with Crippen molar-refractivity contribution < 1.29 is 14.7 Å². The first kappa shape index (κ1) is 20.9. The number of aryl methyl sites for hydroxylation is 1. The molecular formula is C21H25ClN2O3. The van der Waals surface area contributed by atoms with Crippen LogP contribution in [0.2, 0.25) is 5.02 Å². The highest BCUT2D eigenvalue weighted by atomic mass is 35.5. The van der Waals surface area contributed by atoms with Gasteiger partial charge in [-0.25, -0.2) is 5.01 Å². The largest absolute Gasteiger partial charge is 0.389 e. The molecule has 0 spiro atoms. The number of nitrogens with zero attached hydrogens (tertiary/aromatic N) is 1. The van der Waals surface area contributed by atoms with Gasteiger partial charge in [-0.05, 0) is 76.1 Å². The fraction of sp³-hybridized carbons (Fsp3) is 0.333. The lowest BCUT2D eigenvalue weighted by molar-refractivity contribution is 0.0358. The molecule has 2 rings (SSSR count). The van der Waals surface area contributed by atoms with Crippen molar-refractivity contribution in [3.8, 4) is 0 Å². The Morgan fingerprint density at radius 1 is 1.07 bits per heavy atom. The fourth-order valence-corrected chi connectivity index (χ4v) is 2.88. The Morgan fingerprint density at radius 3 is 2.15 bits per heavy atom. The number of hydrazine groups is 1. The highest BCUT2D eigenvalue weighted by molar-refractivity contribution is 6.31. The predicted octanol–water partition coefficient (Wildman–Crippen LogP) is 4.29. The first-order chi connectivity index (χ1) is 12.5. The normalized spacial score (nSPS) is 12.4. The van der Waals surface area contributed by atoms with Crippen molar-refractivity contribution in [1.29, 1.82) is 0 Å². The molecule has 0 saturated carbocycles. The van der Waals surface area contributed by atoms with Crippen molar-refractivity contribution in [2.75, 3.05) is 0 Å². The van der Waals surface area contributed by atoms with Crippen molar-refractivity contribution in [3.05, 3.63) is 69.7 Å². The Labute approximate surface area is 164 Å². The van der Waals surface area contributed by atoms with Gasteiger partial charge in [0, 0.05) is 16.1 Å². The highest BCUT2D eigenvalue weighted by Crippen LogP contribution is 2.20. The summed E-state index contributed by atoms with van der Waals surface area (Å²) < 4.78 is 0. The van der Waals surface area contributed by atoms with Crippen molar-refractivity contribution in [2.45, 2.75) is 46.3 Å². The van der Waals surface area contributed by atoms with Crippen LogP contribution in [0.4, 0.5) is 0 Å². The summed E-state index contributed by atoms with van der Waals surface area (Å²) in [4.78, 5) is 25.7. The molecule has 144 valence electrons. The van der Waals surface area contributed by atoms with Crippen LogP contribution in [0.1, 0.15) is 65.6 Å². The zero-order chi connectivity index (χ0) is 20.4. The lowest BCUT2D eigenvalue weighted by atomic mass is 10.0. The molecule has 0 radical (unpaired) electrons. The van der Waals surface area contributed by atoms with E-state index in [0.29, 0.717) is 21.7 Å². The maximum absolute atomic E-state index is 13.0. The quantitative estimate of drug-likeness (QED) is 0.770. The van der Waals surface area contributed by atoms with E-state index in [2.05, 4.69) is 5.43 Å². The number of aliphatic hydroxyl groups excluding tert-OH is 1. The average molecular weight is 389 g/mol. The zero-order valence-electron chi connectivity index (χ0n) is 16.2. The SMILES string of the molecule is Cc1cc(Cl)cc(C(=O)N(NC(=O)c2ccc(C(C)O)cc2)C(C)(C)C)c1. The van der Waals surface area contributed by atoms with Gasteiger partial charge in [0.15, 0.2) is 0 Å². The van der Waals surface area contributed by atoms with E-state index in [4.69, 9.17) is 11.6 Å². The first-order valence-corrected chi connectivity index (χ1v) is 9.07. The number of benzene rings is 2. The van der Waals surface area contributed by atoms with Gasteiger partial charge in [0.1, 0.15) is 0 Å². The molecule has 27 heavy (non-hydrogen) atoms. The van der Waals surface area contributed by atoms with Crippen LogP contribution in [0, 0.1) is 6.92 Å². The summed E-state index contributed by atoms with van der Waals surface area (Å²) in [5.41, 5.74) is 4.42. The van der Waals surface area contributed by atoms with Gasteiger partial charge < -0.3 is 5.11 Å². The summed E-state index contributed by atoms with van der Waals surface area (Å²) in [6.45, 7) is 9.01. The monoisotopic (exact) mass is 388 g/mol. The summed E-state index contributed by atoms with van der Waals surface area (Å²) in [5, 5.41) is 11.4. The van der Waals surface area contributed by atoms with Crippen LogP contribution in [-0.4, -0.2) is 27.5 Å². The van der Waals surface area contributed by atoms with E-state index in [-0.39, 0.29) is 5.91 Å². The van der Waals surface area contributed by atoms with Gasteiger partial charge in [-0.3, -0.25) is 15.0 Å². The third-order valence-electron chi connectivity index (χ3n) is 4.03. The van der Waals surface area contributed by atoms with Crippen LogP contribution in [-0.2, 0) is 0 Å². The van der Waals surface area contributed by atoms with Crippen molar-refractivity contribution in [2.24, 2.45) is 0 Å². The molecule has 0 bridgehead atoms. The summed E-state index contributed by atoms with van der Waals surface area (Å²) >= 11 is 6.08. The second kappa shape index (κ2) is 8.11. The fourth-order valence-electron chi connectivity index (χ4n) is 2.59. The maximum atomic E-state index is 13.0. The van der Waals surface area contributed by atoms with Crippen molar-refractivity contribution in [3.63, 3.8) is 0 Å². The van der Waals surface area contributed by atoms with Crippen LogP contribution in [0.3, 0.4) is 0 Å². The molecule has 0 aliphatic heterocycles. The molecule has 1 atom stereocenters. The molecule has 0 fully saturated rings. The lowest BCUT2D eigenvalue weighted by Crippen LogP contribution is -2.55. The molecule has 2 N–H and O–H groups in total. The number of nitrogens with one attached hydrogen (secondary N) is 1. The maximum Gasteiger partial charge on any atom is 0.272 e. The standard InChI is InChI=1S/C21H25ClN2O3/c1-13-10-17(12-18(22)11-13)20(27)24(21(3,4)5)23-19(26)16-8-6-15(7-9-16)14(2)25/h6-12,14,25H,1-5H3,(H,23,26). The topological polar surface area (TPSA) is 69.6 Å². The van der Waals surface area contributed by atoms with Gasteiger partial charge in [0.25, 0.3) is 11.8 Å². The van der Waals surface area contributed by atoms with Crippen molar-refractivity contribution >= 4 is 23.4 Å². The number of carbonyl (C=O) groups excluding carboxylic acids is 2. The highest BCUT2D eigenvalue weighted by Gasteiger charge is 2.30. The van der Waals surface area contributed by atoms with E-state index in [1.165, 1.54) is 5.01 Å². The molecule has 0 saturated heterocycles. The van der Waals surface area contributed by atoms with Gasteiger partial charge in [0.2, 0.25) is 0 Å². The van der Waals surface area contributed by atoms with Crippen LogP contribution in [0.5, 0.6) is 0 Å². The van der Waals surface area contributed by atoms with Crippen LogP contribution in [0.25, 0.3) is 0 Å². The summed E-state index contributed by atoms with van der Waals surface area (Å²) in [5.74, 6) is -0.754. The molecule has 5 nitrogen and oxygen atoms in total. The Bertz CT molecular complexity index is 819. The van der Waals surface area contributed by atoms with E-state index in [0.717, 1.165) is 5.56 Å². The Hall–Kier alpha value is -2.37. The summed E-state index contributed by atoms with van der Waals surface area (Å²) in [7, 11) is 0. The van der Waals surface area contributed by atoms with E-state index in [9.17, 15) is 14.7 Å². The van der Waals surface area contributed by atoms with Gasteiger partial charge in [-0.15, -0.1) is 0 Å². The molecule has 0 aliphatic carbocycles. The van der Waals surface area contributed by atoms with Gasteiger partial charge >= 0.3 is 0 Å². The summed E-state index contributed by atoms with van der Waals surface area (Å²) in [6.07, 6.45) is -0.610. The minimum atomic E-state index is -0.650. The van der Waals surface area contributed by atoms with E-state index < -0.39 is 17.6 Å². The molecule has 2 aromatic rings. The van der Waals surface area contributed by atoms with E-state index >= 15 is 0 Å². The smallest absolute Gasteiger partial charge is 0.272 e. The molecule has 2 aromatic carbocycles. The van der Waals surface area contributed by atoms with Crippen LogP contribution < -0.4 is 5.43 Å². The second-order valence-corrected chi connectivity index (χ2v) is 8.00. The number of rotatable bonds is 3. The second-order valence-electron chi connectivity index (χ2n) is 7.57. The van der Waals surface area contributed by atoms with Gasteiger partial charge in [-0.1, -0.05) is 23.7 Å². The number of hydrogen-bond acceptors (Lipinski definition) is 3. The molecule has 0 aliphatic rings. The van der Waals surface area contributed by atoms with E-state index in [1.807, 2.05) is 27.7 Å². The summed E-state index contributed by atoms with van der Waals surface area (Å²) in [6, 6.07) is 11.7. The number of aliphatic hydroxyl groups is 1. The molecular weight excluding hydrogens is 364 g/mol. The third kappa shape index (κ3) is 5.31. The van der Waals surface area contributed by atoms with Gasteiger partial charge in [0.05, 0.1) is 11.6 Å². The number of amides is 2. The van der Waals surface area contributed by atoms with Crippen LogP contribution in [0.15, 0.2) is 42.5 Å². The minimum absolute atomic E-state index is 0.345. The number of carbonyl (C=O) groups is 2. The molecule has 0 heterocycles. The molecule has 1 unspecified atom stereocenters. The number of halogens is 1. The van der Waals surface area contributed by atoms with Gasteiger partial charge in [-0.2, -0.15) is 0 Å². The molecule has 2 amide bonds. The number of hydrogen-bond donors (Lipinski definition) is 2. The predicted molar refractivity (Wildman–Crippen MR) is 107 cm³/mol. The van der Waals surface area contributed by atoms with Crippen LogP contribution >= 0.6 is 11.6 Å². The minimum Gasteiger partial charge on any atom is -0.389 e. The molecule has 6 heteroatoms. The Balaban J connectivity index is 2.28. The third-order valence-corrected chi connectivity index (χ3v) is 4.25. The Morgan fingerprint density at radius 2 is 1.67 bits per heavy atom. The zero-order valence-corrected chi connectivity index (χ0v) is 17.0. The Kier molecular flexibility index (Phi) is 6.29. The first-order valence-electron chi connectivity index (χ1n) is 8.70. The lowest BCUT2D eigenvalue weighted by Gasteiger charge is -2.35.